The average Bonchev–Trinajstić information content (AvgIpc) is 2.32. The van der Waals surface area contributed by atoms with Crippen LogP contribution in [0, 0.1) is 10.1 Å². The summed E-state index contributed by atoms with van der Waals surface area (Å²) < 4.78 is 38.4. The van der Waals surface area contributed by atoms with E-state index in [2.05, 4.69) is 5.32 Å². The Morgan fingerprint density at radius 1 is 1.40 bits per heavy atom. The van der Waals surface area contributed by atoms with E-state index in [0.717, 1.165) is 31.4 Å². The Kier molecular flexibility index (Phi) is 3.59. The molecule has 0 radical (unpaired) electrons. The molecule has 0 aliphatic heterocycles. The van der Waals surface area contributed by atoms with E-state index in [-0.39, 0.29) is 11.2 Å². The van der Waals surface area contributed by atoms with Crippen LogP contribution < -0.4 is 11.1 Å². The fourth-order valence-electron chi connectivity index (χ4n) is 2.12. The Labute approximate surface area is 113 Å². The molecule has 1 saturated carbocycles. The highest BCUT2D eigenvalue weighted by Gasteiger charge is 2.38. The third-order valence-corrected chi connectivity index (χ3v) is 3.49. The molecule has 5 nitrogen and oxygen atoms in total. The number of alkyl halides is 3. The molecule has 2 rings (SSSR count). The summed E-state index contributed by atoms with van der Waals surface area (Å²) in [7, 11) is 0. The number of nitro benzene ring substituents is 1. The van der Waals surface area contributed by atoms with Gasteiger partial charge in [-0.25, -0.2) is 0 Å². The van der Waals surface area contributed by atoms with Crippen molar-refractivity contribution in [2.24, 2.45) is 5.73 Å². The number of nitro groups is 1. The van der Waals surface area contributed by atoms with Gasteiger partial charge in [0.05, 0.1) is 4.92 Å². The molecule has 1 aromatic carbocycles. The lowest BCUT2D eigenvalue weighted by molar-refractivity contribution is -0.388. The lowest BCUT2D eigenvalue weighted by atomic mass is 9.78. The van der Waals surface area contributed by atoms with Crippen LogP contribution in [-0.4, -0.2) is 17.0 Å². The Balaban J connectivity index is 2.21. The minimum Gasteiger partial charge on any atom is -0.383 e. The normalized spacial score (nSPS) is 17.4. The predicted octanol–water partition coefficient (Wildman–Crippen LogP) is 2.91. The first-order chi connectivity index (χ1) is 9.21. The molecular weight excluding hydrogens is 275 g/mol. The smallest absolute Gasteiger partial charge is 0.383 e. The predicted molar refractivity (Wildman–Crippen MR) is 67.4 cm³/mol. The van der Waals surface area contributed by atoms with Crippen molar-refractivity contribution in [3.63, 3.8) is 0 Å². The van der Waals surface area contributed by atoms with Crippen LogP contribution in [0.25, 0.3) is 0 Å². The molecule has 0 bridgehead atoms. The van der Waals surface area contributed by atoms with Gasteiger partial charge >= 0.3 is 6.18 Å². The van der Waals surface area contributed by atoms with Crippen LogP contribution in [0.3, 0.4) is 0 Å². The maximum absolute atomic E-state index is 12.8. The highest BCUT2D eigenvalue weighted by molar-refractivity contribution is 5.55. The van der Waals surface area contributed by atoms with Gasteiger partial charge in [0.2, 0.25) is 0 Å². The number of anilines is 1. The summed E-state index contributed by atoms with van der Waals surface area (Å²) in [6.07, 6.45) is -2.12. The van der Waals surface area contributed by atoms with Crippen LogP contribution in [0.4, 0.5) is 24.5 Å². The highest BCUT2D eigenvalue weighted by Crippen LogP contribution is 2.38. The zero-order valence-corrected chi connectivity index (χ0v) is 10.5. The maximum atomic E-state index is 12.8. The quantitative estimate of drug-likeness (QED) is 0.659. The molecule has 110 valence electrons. The molecule has 1 aliphatic rings. The van der Waals surface area contributed by atoms with E-state index >= 15 is 0 Å². The molecule has 0 spiro atoms. The van der Waals surface area contributed by atoms with Crippen molar-refractivity contribution < 1.29 is 18.1 Å². The number of hydrogen-bond donors (Lipinski definition) is 2. The summed E-state index contributed by atoms with van der Waals surface area (Å²) in [4.78, 5) is 9.58. The first kappa shape index (κ1) is 14.6. The minimum atomic E-state index is -4.77. The number of nitrogens with two attached hydrogens (primary N) is 1. The van der Waals surface area contributed by atoms with Gasteiger partial charge in [-0.15, -0.1) is 0 Å². The Hall–Kier alpha value is -1.83. The number of halogens is 3. The van der Waals surface area contributed by atoms with Crippen LogP contribution in [0.15, 0.2) is 18.2 Å². The Morgan fingerprint density at radius 3 is 2.50 bits per heavy atom. The fourth-order valence-corrected chi connectivity index (χ4v) is 2.12. The van der Waals surface area contributed by atoms with E-state index in [1.165, 1.54) is 6.07 Å². The first-order valence-corrected chi connectivity index (χ1v) is 6.10. The zero-order valence-electron chi connectivity index (χ0n) is 10.5. The van der Waals surface area contributed by atoms with Crippen molar-refractivity contribution in [1.29, 1.82) is 0 Å². The number of nitrogens with one attached hydrogen (secondary N) is 1. The molecule has 1 aliphatic carbocycles. The molecule has 0 amide bonds. The number of benzene rings is 1. The Morgan fingerprint density at radius 2 is 2.05 bits per heavy atom. The third kappa shape index (κ3) is 3.01. The van der Waals surface area contributed by atoms with E-state index in [9.17, 15) is 23.3 Å². The van der Waals surface area contributed by atoms with Crippen LogP contribution in [0.1, 0.15) is 24.8 Å². The monoisotopic (exact) mass is 289 g/mol. The lowest BCUT2D eigenvalue weighted by Crippen LogP contribution is -2.51. The van der Waals surface area contributed by atoms with Crippen molar-refractivity contribution in [2.45, 2.75) is 31.0 Å². The van der Waals surface area contributed by atoms with Gasteiger partial charge in [0, 0.05) is 23.8 Å². The molecule has 3 N–H and O–H groups in total. The summed E-state index contributed by atoms with van der Waals surface area (Å²) in [5.74, 6) is 0. The van der Waals surface area contributed by atoms with Crippen molar-refractivity contribution in [1.82, 2.24) is 0 Å². The van der Waals surface area contributed by atoms with Crippen LogP contribution in [-0.2, 0) is 6.18 Å². The van der Waals surface area contributed by atoms with E-state index in [1.54, 1.807) is 0 Å². The van der Waals surface area contributed by atoms with Crippen molar-refractivity contribution >= 4 is 11.4 Å². The molecule has 0 atom stereocenters. The molecule has 0 aromatic heterocycles. The second-order valence-electron chi connectivity index (χ2n) is 5.06. The summed E-state index contributed by atoms with van der Waals surface area (Å²) >= 11 is 0. The van der Waals surface area contributed by atoms with Crippen molar-refractivity contribution in [3.05, 3.63) is 33.9 Å². The lowest BCUT2D eigenvalue weighted by Gasteiger charge is -2.38. The zero-order chi connectivity index (χ0) is 15.0. The molecule has 20 heavy (non-hydrogen) atoms. The van der Waals surface area contributed by atoms with E-state index in [1.807, 2.05) is 0 Å². The third-order valence-electron chi connectivity index (χ3n) is 3.49. The molecule has 1 aromatic rings. The summed E-state index contributed by atoms with van der Waals surface area (Å²) in [6, 6.07) is 2.87. The highest BCUT2D eigenvalue weighted by atomic mass is 19.4. The van der Waals surface area contributed by atoms with Gasteiger partial charge in [-0.1, -0.05) is 0 Å². The maximum Gasteiger partial charge on any atom is 0.423 e. The van der Waals surface area contributed by atoms with Gasteiger partial charge in [-0.05, 0) is 31.4 Å². The second kappa shape index (κ2) is 4.93. The topological polar surface area (TPSA) is 81.2 Å². The van der Waals surface area contributed by atoms with Gasteiger partial charge in [0.1, 0.15) is 5.56 Å². The number of hydrogen-bond acceptors (Lipinski definition) is 4. The van der Waals surface area contributed by atoms with Crippen LogP contribution in [0.2, 0.25) is 0 Å². The SMILES string of the molecule is NC1(CNc2ccc([N+](=O)[O-])c(C(F)(F)F)c2)CCC1. The van der Waals surface area contributed by atoms with Gasteiger partial charge in [0.15, 0.2) is 0 Å². The van der Waals surface area contributed by atoms with Crippen LogP contribution >= 0.6 is 0 Å². The Bertz CT molecular complexity index is 527. The molecule has 0 unspecified atom stereocenters. The standard InChI is InChI=1S/C12H14F3N3O2/c13-12(14,15)9-6-8(2-3-10(9)18(19)20)17-7-11(16)4-1-5-11/h2-3,6,17H,1,4-5,7,16H2. The van der Waals surface area contributed by atoms with Gasteiger partial charge < -0.3 is 11.1 Å². The minimum absolute atomic E-state index is 0.180. The van der Waals surface area contributed by atoms with Gasteiger partial charge in [-0.2, -0.15) is 13.2 Å². The molecule has 8 heteroatoms. The fraction of sp³-hybridized carbons (Fsp3) is 0.500. The molecule has 1 fully saturated rings. The molecule has 0 heterocycles. The second-order valence-corrected chi connectivity index (χ2v) is 5.06. The number of nitrogens with zero attached hydrogens (tertiary/aromatic N) is 1. The summed E-state index contributed by atoms with van der Waals surface area (Å²) in [5.41, 5.74) is 3.54. The van der Waals surface area contributed by atoms with Gasteiger partial charge in [0.25, 0.3) is 5.69 Å². The van der Waals surface area contributed by atoms with Crippen molar-refractivity contribution in [3.8, 4) is 0 Å². The first-order valence-electron chi connectivity index (χ1n) is 6.10. The van der Waals surface area contributed by atoms with Gasteiger partial charge in [-0.3, -0.25) is 10.1 Å². The van der Waals surface area contributed by atoms with E-state index in [4.69, 9.17) is 5.73 Å². The largest absolute Gasteiger partial charge is 0.423 e. The molecular formula is C12H14F3N3O2. The summed E-state index contributed by atoms with van der Waals surface area (Å²) in [6.45, 7) is 0.349. The summed E-state index contributed by atoms with van der Waals surface area (Å²) in [5, 5.41) is 13.4. The van der Waals surface area contributed by atoms with E-state index < -0.39 is 22.4 Å². The average molecular weight is 289 g/mol. The van der Waals surface area contributed by atoms with Crippen molar-refractivity contribution in [2.75, 3.05) is 11.9 Å². The van der Waals surface area contributed by atoms with E-state index in [0.29, 0.717) is 6.54 Å². The van der Waals surface area contributed by atoms with Crippen LogP contribution in [0.5, 0.6) is 0 Å². The molecule has 0 saturated heterocycles. The number of rotatable bonds is 4.